The second kappa shape index (κ2) is 9.60. The summed E-state index contributed by atoms with van der Waals surface area (Å²) in [6.07, 6.45) is 1.56. The number of nitrogens with one attached hydrogen (secondary N) is 1. The minimum Gasteiger partial charge on any atom is -0.497 e. The van der Waals surface area contributed by atoms with E-state index in [0.717, 1.165) is 43.7 Å². The lowest BCUT2D eigenvalue weighted by Gasteiger charge is -2.37. The van der Waals surface area contributed by atoms with Gasteiger partial charge in [-0.25, -0.2) is 4.98 Å². The van der Waals surface area contributed by atoms with Crippen LogP contribution in [-0.4, -0.2) is 66.0 Å². The molecule has 0 radical (unpaired) electrons. The maximum atomic E-state index is 5.22. The van der Waals surface area contributed by atoms with Crippen LogP contribution in [-0.2, 0) is 13.6 Å². The Labute approximate surface area is 171 Å². The number of halogens is 1. The van der Waals surface area contributed by atoms with Gasteiger partial charge in [0.25, 0.3) is 0 Å². The number of ether oxygens (including phenoxy) is 1. The van der Waals surface area contributed by atoms with Gasteiger partial charge in [-0.3, -0.25) is 9.67 Å². The van der Waals surface area contributed by atoms with Crippen LogP contribution in [0.3, 0.4) is 0 Å². The fraction of sp³-hybridized carbons (Fsp3) is 0.471. The van der Waals surface area contributed by atoms with E-state index in [1.807, 2.05) is 26.2 Å². The number of piperazine rings is 1. The van der Waals surface area contributed by atoms with Crippen molar-refractivity contribution in [1.29, 1.82) is 0 Å². The van der Waals surface area contributed by atoms with Gasteiger partial charge in [0.15, 0.2) is 5.96 Å². The molecule has 0 bridgehead atoms. The molecule has 1 aliphatic rings. The fourth-order valence-corrected chi connectivity index (χ4v) is 2.94. The molecule has 0 aliphatic carbocycles. The molecule has 0 saturated carbocycles. The second-order valence-corrected chi connectivity index (χ2v) is 5.87. The van der Waals surface area contributed by atoms with Gasteiger partial charge in [0.2, 0.25) is 0 Å². The highest BCUT2D eigenvalue weighted by molar-refractivity contribution is 14.0. The Balaban J connectivity index is 0.00000243. The van der Waals surface area contributed by atoms with E-state index in [1.165, 1.54) is 5.69 Å². The Bertz CT molecular complexity index is 708. The first-order valence-corrected chi connectivity index (χ1v) is 8.38. The zero-order valence-electron chi connectivity index (χ0n) is 15.4. The van der Waals surface area contributed by atoms with Crippen molar-refractivity contribution in [1.82, 2.24) is 25.0 Å². The van der Waals surface area contributed by atoms with Crippen molar-refractivity contribution in [2.24, 2.45) is 12.0 Å². The highest BCUT2D eigenvalue weighted by Gasteiger charge is 2.20. The molecule has 1 saturated heterocycles. The summed E-state index contributed by atoms with van der Waals surface area (Å²) >= 11 is 0. The molecule has 3 rings (SSSR count). The second-order valence-electron chi connectivity index (χ2n) is 5.87. The molecule has 26 heavy (non-hydrogen) atoms. The molecule has 1 aromatic carbocycles. The van der Waals surface area contributed by atoms with Gasteiger partial charge in [0.1, 0.15) is 17.9 Å². The third-order valence-corrected chi connectivity index (χ3v) is 4.44. The number of nitrogens with zero attached hydrogens (tertiary/aromatic N) is 6. The molecule has 0 unspecified atom stereocenters. The lowest BCUT2D eigenvalue weighted by Crippen LogP contribution is -2.52. The van der Waals surface area contributed by atoms with Gasteiger partial charge < -0.3 is 19.9 Å². The van der Waals surface area contributed by atoms with E-state index < -0.39 is 0 Å². The normalized spacial score (nSPS) is 14.8. The van der Waals surface area contributed by atoms with Crippen LogP contribution >= 0.6 is 24.0 Å². The maximum absolute atomic E-state index is 5.22. The molecule has 1 N–H and O–H groups in total. The molecular weight excluding hydrogens is 445 g/mol. The quantitative estimate of drug-likeness (QED) is 0.413. The summed E-state index contributed by atoms with van der Waals surface area (Å²) < 4.78 is 6.99. The average Bonchev–Trinajstić information content (AvgIpc) is 3.08. The number of hydrogen-bond donors (Lipinski definition) is 1. The zero-order chi connectivity index (χ0) is 17.6. The van der Waals surface area contributed by atoms with E-state index in [-0.39, 0.29) is 24.0 Å². The molecular formula is C17H26IN7O. The Hall–Kier alpha value is -2.04. The molecule has 1 fully saturated rings. The van der Waals surface area contributed by atoms with E-state index >= 15 is 0 Å². The Morgan fingerprint density at radius 1 is 1.19 bits per heavy atom. The minimum atomic E-state index is 0. The molecule has 9 heteroatoms. The van der Waals surface area contributed by atoms with Crippen molar-refractivity contribution in [2.75, 3.05) is 45.2 Å². The molecule has 1 aliphatic heterocycles. The van der Waals surface area contributed by atoms with E-state index in [9.17, 15) is 0 Å². The summed E-state index contributed by atoms with van der Waals surface area (Å²) in [6.45, 7) is 4.37. The lowest BCUT2D eigenvalue weighted by atomic mass is 10.2. The van der Waals surface area contributed by atoms with E-state index in [4.69, 9.17) is 4.74 Å². The topological polar surface area (TPSA) is 70.8 Å². The predicted molar refractivity (Wildman–Crippen MR) is 113 cm³/mol. The summed E-state index contributed by atoms with van der Waals surface area (Å²) in [5.74, 6) is 2.67. The molecule has 0 spiro atoms. The van der Waals surface area contributed by atoms with Gasteiger partial charge in [0.05, 0.1) is 13.7 Å². The van der Waals surface area contributed by atoms with Crippen LogP contribution in [0.2, 0.25) is 0 Å². The Kier molecular flexibility index (Phi) is 7.49. The predicted octanol–water partition coefficient (Wildman–Crippen LogP) is 1.34. The first-order valence-electron chi connectivity index (χ1n) is 8.38. The average molecular weight is 471 g/mol. The number of aromatic nitrogens is 3. The largest absolute Gasteiger partial charge is 0.497 e. The summed E-state index contributed by atoms with van der Waals surface area (Å²) in [7, 11) is 5.39. The van der Waals surface area contributed by atoms with Crippen molar-refractivity contribution in [3.05, 3.63) is 36.4 Å². The third kappa shape index (κ3) is 4.77. The number of rotatable bonds is 4. The van der Waals surface area contributed by atoms with Crippen LogP contribution in [0.4, 0.5) is 5.69 Å². The van der Waals surface area contributed by atoms with Crippen molar-refractivity contribution in [2.45, 2.75) is 6.54 Å². The summed E-state index contributed by atoms with van der Waals surface area (Å²) in [6, 6.07) is 8.22. The number of aryl methyl sites for hydroxylation is 1. The fourth-order valence-electron chi connectivity index (χ4n) is 2.94. The number of benzene rings is 1. The standard InChI is InChI=1S/C17H25N7O.HI/c1-18-17(19-12-16-20-13-21-22(16)2)24-10-8-23(9-11-24)14-4-6-15(25-3)7-5-14;/h4-7,13H,8-12H2,1-3H3,(H,18,19);1H. The molecule has 142 valence electrons. The number of guanidine groups is 1. The van der Waals surface area contributed by atoms with Gasteiger partial charge in [-0.1, -0.05) is 0 Å². The van der Waals surface area contributed by atoms with Crippen molar-refractivity contribution < 1.29 is 4.74 Å². The maximum Gasteiger partial charge on any atom is 0.194 e. The summed E-state index contributed by atoms with van der Waals surface area (Å²) in [5, 5.41) is 7.45. The van der Waals surface area contributed by atoms with E-state index in [1.54, 1.807) is 18.1 Å². The number of methoxy groups -OCH3 is 1. The number of hydrogen-bond acceptors (Lipinski definition) is 5. The van der Waals surface area contributed by atoms with Crippen LogP contribution in [0.1, 0.15) is 5.82 Å². The smallest absolute Gasteiger partial charge is 0.194 e. The van der Waals surface area contributed by atoms with Crippen LogP contribution in [0.25, 0.3) is 0 Å². The first kappa shape index (κ1) is 20.3. The van der Waals surface area contributed by atoms with Crippen molar-refractivity contribution in [3.8, 4) is 5.75 Å². The highest BCUT2D eigenvalue weighted by atomic mass is 127. The lowest BCUT2D eigenvalue weighted by molar-refractivity contribution is 0.371. The number of aliphatic imine (C=N–C) groups is 1. The Morgan fingerprint density at radius 2 is 1.88 bits per heavy atom. The van der Waals surface area contributed by atoms with Gasteiger partial charge in [-0.2, -0.15) is 5.10 Å². The summed E-state index contributed by atoms with van der Waals surface area (Å²) in [4.78, 5) is 13.3. The highest BCUT2D eigenvalue weighted by Crippen LogP contribution is 2.20. The monoisotopic (exact) mass is 471 g/mol. The van der Waals surface area contributed by atoms with Gasteiger partial charge in [-0.05, 0) is 24.3 Å². The zero-order valence-corrected chi connectivity index (χ0v) is 17.8. The minimum absolute atomic E-state index is 0. The summed E-state index contributed by atoms with van der Waals surface area (Å²) in [5.41, 5.74) is 1.22. The molecule has 8 nitrogen and oxygen atoms in total. The van der Waals surface area contributed by atoms with Crippen LogP contribution < -0.4 is 15.0 Å². The Morgan fingerprint density at radius 3 is 2.42 bits per heavy atom. The van der Waals surface area contributed by atoms with Gasteiger partial charge in [0, 0.05) is 46.0 Å². The molecule has 0 atom stereocenters. The molecule has 2 heterocycles. The molecule has 2 aromatic rings. The van der Waals surface area contributed by atoms with Crippen molar-refractivity contribution in [3.63, 3.8) is 0 Å². The SMILES string of the molecule is CN=C(NCc1ncnn1C)N1CCN(c2ccc(OC)cc2)CC1.I. The van der Waals surface area contributed by atoms with Gasteiger partial charge >= 0.3 is 0 Å². The van der Waals surface area contributed by atoms with Crippen LogP contribution in [0.5, 0.6) is 5.75 Å². The van der Waals surface area contributed by atoms with Crippen molar-refractivity contribution >= 4 is 35.6 Å². The van der Waals surface area contributed by atoms with E-state index in [0.29, 0.717) is 6.54 Å². The van der Waals surface area contributed by atoms with Crippen LogP contribution in [0, 0.1) is 0 Å². The molecule has 1 aromatic heterocycles. The van der Waals surface area contributed by atoms with Gasteiger partial charge in [-0.15, -0.1) is 24.0 Å². The third-order valence-electron chi connectivity index (χ3n) is 4.44. The van der Waals surface area contributed by atoms with E-state index in [2.05, 4.69) is 42.3 Å². The number of anilines is 1. The van der Waals surface area contributed by atoms with Crippen LogP contribution in [0.15, 0.2) is 35.6 Å². The molecule has 0 amide bonds. The first-order chi connectivity index (χ1) is 12.2.